The van der Waals surface area contributed by atoms with Gasteiger partial charge in [0, 0.05) is 43.0 Å². The lowest BCUT2D eigenvalue weighted by atomic mass is 10.0. The fraction of sp³-hybridized carbons (Fsp3) is 0.300. The van der Waals surface area contributed by atoms with Gasteiger partial charge >= 0.3 is 6.18 Å². The van der Waals surface area contributed by atoms with Gasteiger partial charge in [-0.3, -0.25) is 14.7 Å². The molecule has 0 spiro atoms. The summed E-state index contributed by atoms with van der Waals surface area (Å²) >= 11 is 0. The van der Waals surface area contributed by atoms with Crippen LogP contribution in [0, 0.1) is 0 Å². The van der Waals surface area contributed by atoms with Crippen LogP contribution in [0.2, 0.25) is 0 Å². The molecule has 1 fully saturated rings. The van der Waals surface area contributed by atoms with Gasteiger partial charge in [-0.25, -0.2) is 4.98 Å². The second-order valence-electron chi connectivity index (χ2n) is 7.45. The molecule has 3 N–H and O–H groups in total. The van der Waals surface area contributed by atoms with Gasteiger partial charge in [-0.15, -0.1) is 10.2 Å². The van der Waals surface area contributed by atoms with Crippen molar-refractivity contribution in [2.75, 3.05) is 24.5 Å². The third kappa shape index (κ3) is 5.29. The van der Waals surface area contributed by atoms with E-state index in [-0.39, 0.29) is 53.8 Å². The van der Waals surface area contributed by atoms with Crippen molar-refractivity contribution >= 4 is 18.9 Å². The lowest BCUT2D eigenvalue weighted by Crippen LogP contribution is -2.52. The number of nitrogens with one attached hydrogen (secondary N) is 2. The molecule has 12 nitrogen and oxygen atoms in total. The van der Waals surface area contributed by atoms with Crippen LogP contribution in [0.5, 0.6) is 17.2 Å². The van der Waals surface area contributed by atoms with E-state index >= 15 is 0 Å². The van der Waals surface area contributed by atoms with Crippen LogP contribution in [-0.4, -0.2) is 75.3 Å². The Morgan fingerprint density at radius 2 is 1.94 bits per heavy atom. The van der Waals surface area contributed by atoms with Crippen LogP contribution >= 0.6 is 0 Å². The van der Waals surface area contributed by atoms with Gasteiger partial charge in [-0.05, 0) is 6.07 Å². The molecule has 0 aliphatic carbocycles. The molecule has 1 unspecified atom stereocenters. The van der Waals surface area contributed by atoms with E-state index in [9.17, 15) is 27.9 Å². The molecule has 0 saturated carbocycles. The van der Waals surface area contributed by atoms with Crippen LogP contribution in [0.1, 0.15) is 6.42 Å². The number of aromatic nitrogens is 5. The Morgan fingerprint density at radius 3 is 2.57 bits per heavy atom. The summed E-state index contributed by atoms with van der Waals surface area (Å²) in [7, 11) is 0. The summed E-state index contributed by atoms with van der Waals surface area (Å²) in [6.07, 6.45) is -1.26. The molecule has 0 radical (unpaired) electrons. The molecule has 35 heavy (non-hydrogen) atoms. The lowest BCUT2D eigenvalue weighted by Gasteiger charge is -2.33. The highest BCUT2D eigenvalue weighted by atomic mass is 19.4. The Balaban J connectivity index is 1.69. The SMILES string of the molecule is O=COc1c(-c2cn[nH]c2)cc(O)c(-c2cnc(N3CCNC(CC(F)(F)F)C3)nn2)c1OC=O. The highest BCUT2D eigenvalue weighted by molar-refractivity contribution is 5.87. The number of benzene rings is 1. The van der Waals surface area contributed by atoms with E-state index in [2.05, 4.69) is 30.7 Å². The highest BCUT2D eigenvalue weighted by Crippen LogP contribution is 2.49. The molecule has 184 valence electrons. The maximum Gasteiger partial charge on any atom is 0.390 e. The maximum absolute atomic E-state index is 12.8. The summed E-state index contributed by atoms with van der Waals surface area (Å²) < 4.78 is 48.3. The van der Waals surface area contributed by atoms with E-state index in [0.29, 0.717) is 18.7 Å². The molecular formula is C20H18F3N7O5. The predicted molar refractivity (Wildman–Crippen MR) is 113 cm³/mol. The van der Waals surface area contributed by atoms with Crippen LogP contribution in [0.3, 0.4) is 0 Å². The fourth-order valence-corrected chi connectivity index (χ4v) is 3.76. The van der Waals surface area contributed by atoms with Crippen LogP contribution in [0.4, 0.5) is 19.1 Å². The zero-order chi connectivity index (χ0) is 25.0. The quantitative estimate of drug-likeness (QED) is 0.390. The van der Waals surface area contributed by atoms with Crippen molar-refractivity contribution in [2.45, 2.75) is 18.6 Å². The van der Waals surface area contributed by atoms with Crippen molar-refractivity contribution in [3.63, 3.8) is 0 Å². The summed E-state index contributed by atoms with van der Waals surface area (Å²) in [5.41, 5.74) is 0.437. The van der Waals surface area contributed by atoms with E-state index in [1.54, 1.807) is 4.90 Å². The molecule has 0 amide bonds. The topological polar surface area (TPSA) is 155 Å². The van der Waals surface area contributed by atoms with Crippen molar-refractivity contribution in [3.05, 3.63) is 24.7 Å². The smallest absolute Gasteiger partial charge is 0.390 e. The van der Waals surface area contributed by atoms with Crippen molar-refractivity contribution in [1.82, 2.24) is 30.7 Å². The molecule has 15 heteroatoms. The van der Waals surface area contributed by atoms with Gasteiger partial charge in [0.05, 0.1) is 24.4 Å². The number of nitrogens with zero attached hydrogens (tertiary/aromatic N) is 5. The van der Waals surface area contributed by atoms with Crippen molar-refractivity contribution in [3.8, 4) is 39.6 Å². The number of piperazine rings is 1. The van der Waals surface area contributed by atoms with E-state index in [4.69, 9.17) is 9.47 Å². The van der Waals surface area contributed by atoms with Gasteiger partial charge in [0.25, 0.3) is 12.9 Å². The minimum atomic E-state index is -4.32. The number of carbonyl (C=O) groups excluding carboxylic acids is 2. The van der Waals surface area contributed by atoms with Crippen LogP contribution in [0.25, 0.3) is 22.4 Å². The summed E-state index contributed by atoms with van der Waals surface area (Å²) in [4.78, 5) is 28.1. The van der Waals surface area contributed by atoms with Gasteiger partial charge in [-0.2, -0.15) is 18.3 Å². The monoisotopic (exact) mass is 493 g/mol. The van der Waals surface area contributed by atoms with Gasteiger partial charge < -0.3 is 24.8 Å². The second kappa shape index (κ2) is 9.92. The molecule has 0 bridgehead atoms. The first kappa shape index (κ1) is 23.9. The van der Waals surface area contributed by atoms with Gasteiger partial charge in [-0.1, -0.05) is 0 Å². The van der Waals surface area contributed by atoms with Crippen molar-refractivity contribution in [1.29, 1.82) is 0 Å². The summed E-state index contributed by atoms with van der Waals surface area (Å²) in [6.45, 7) is 0.864. The fourth-order valence-electron chi connectivity index (χ4n) is 3.76. The molecule has 1 atom stereocenters. The van der Waals surface area contributed by atoms with Crippen molar-refractivity contribution < 1.29 is 37.3 Å². The summed E-state index contributed by atoms with van der Waals surface area (Å²) in [6, 6.07) is 0.423. The largest absolute Gasteiger partial charge is 0.507 e. The zero-order valence-electron chi connectivity index (χ0n) is 17.8. The number of aromatic hydroxyl groups is 1. The predicted octanol–water partition coefficient (Wildman–Crippen LogP) is 1.44. The number of phenolic OH excluding ortho intramolecular Hbond substituents is 1. The number of hydrogen-bond donors (Lipinski definition) is 3. The maximum atomic E-state index is 12.8. The Bertz CT molecular complexity index is 1190. The number of H-pyrrole nitrogens is 1. The van der Waals surface area contributed by atoms with Crippen molar-refractivity contribution in [2.24, 2.45) is 0 Å². The van der Waals surface area contributed by atoms with E-state index in [0.717, 1.165) is 0 Å². The molecule has 1 saturated heterocycles. The average molecular weight is 493 g/mol. The number of rotatable bonds is 8. The number of ether oxygens (including phenoxy) is 2. The molecule has 3 aromatic rings. The first-order valence-electron chi connectivity index (χ1n) is 10.2. The standard InChI is InChI=1S/C20H18F3N7O5/c21-20(22,23)4-12-8-30(2-1-24-12)19-25-7-14(28-29-19)16-15(33)3-13(11-5-26-27-6-11)17(34-9-31)18(16)35-10-32/h3,5-7,9-10,12,24,33H,1-2,4,8H2,(H,26,27). The van der Waals surface area contributed by atoms with E-state index in [1.807, 2.05) is 0 Å². The lowest BCUT2D eigenvalue weighted by molar-refractivity contribution is -0.140. The number of alkyl halides is 3. The summed E-state index contributed by atoms with van der Waals surface area (Å²) in [5.74, 6) is -0.824. The molecular weight excluding hydrogens is 475 g/mol. The molecule has 1 aliphatic rings. The molecule has 1 aliphatic heterocycles. The Labute approximate surface area is 195 Å². The Morgan fingerprint density at radius 1 is 1.17 bits per heavy atom. The van der Waals surface area contributed by atoms with Crippen LogP contribution < -0.4 is 19.7 Å². The molecule has 3 heterocycles. The minimum absolute atomic E-state index is 0.0159. The van der Waals surface area contributed by atoms with E-state index < -0.39 is 24.4 Å². The van der Waals surface area contributed by atoms with Crippen LogP contribution in [0.15, 0.2) is 24.7 Å². The van der Waals surface area contributed by atoms with Gasteiger partial charge in [0.15, 0.2) is 11.5 Å². The Kier molecular flexibility index (Phi) is 6.77. The third-order valence-electron chi connectivity index (χ3n) is 5.18. The zero-order valence-corrected chi connectivity index (χ0v) is 17.8. The number of aromatic amines is 1. The molecule has 1 aromatic carbocycles. The third-order valence-corrected chi connectivity index (χ3v) is 5.18. The Hall–Kier alpha value is -4.27. The first-order chi connectivity index (χ1) is 16.8. The molecule has 2 aromatic heterocycles. The molecule has 4 rings (SSSR count). The number of hydrogen-bond acceptors (Lipinski definition) is 11. The minimum Gasteiger partial charge on any atom is -0.507 e. The highest BCUT2D eigenvalue weighted by Gasteiger charge is 2.34. The second-order valence-corrected chi connectivity index (χ2v) is 7.45. The number of anilines is 1. The number of carbonyl (C=O) groups is 2. The number of halogens is 3. The first-order valence-corrected chi connectivity index (χ1v) is 10.2. The van der Waals surface area contributed by atoms with Crippen LogP contribution in [-0.2, 0) is 9.59 Å². The van der Waals surface area contributed by atoms with Gasteiger partial charge in [0.1, 0.15) is 11.4 Å². The summed E-state index contributed by atoms with van der Waals surface area (Å²) in [5, 5.41) is 27.9. The number of phenols is 1. The van der Waals surface area contributed by atoms with E-state index in [1.165, 1.54) is 24.7 Å². The normalized spacial score (nSPS) is 16.1. The average Bonchev–Trinajstić information content (AvgIpc) is 3.35. The van der Waals surface area contributed by atoms with Gasteiger partial charge in [0.2, 0.25) is 5.95 Å².